The summed E-state index contributed by atoms with van der Waals surface area (Å²) in [6.07, 6.45) is -5.26. The van der Waals surface area contributed by atoms with Gasteiger partial charge in [-0.3, -0.25) is 4.79 Å². The standard InChI is InChI=1S/C8H12F3NO2/c1-14-6(13)7(2-3-12-5-7)4-8(9,10)11/h12H,2-5H2,1H3. The lowest BCUT2D eigenvalue weighted by atomic mass is 9.83. The van der Waals surface area contributed by atoms with Crippen molar-refractivity contribution < 1.29 is 22.7 Å². The van der Waals surface area contributed by atoms with Crippen molar-refractivity contribution in [1.29, 1.82) is 0 Å². The van der Waals surface area contributed by atoms with Crippen molar-refractivity contribution in [2.45, 2.75) is 19.0 Å². The maximum absolute atomic E-state index is 12.2. The fraction of sp³-hybridized carbons (Fsp3) is 0.875. The monoisotopic (exact) mass is 211 g/mol. The van der Waals surface area contributed by atoms with Crippen molar-refractivity contribution in [2.75, 3.05) is 20.2 Å². The summed E-state index contributed by atoms with van der Waals surface area (Å²) in [5, 5.41) is 2.75. The van der Waals surface area contributed by atoms with Gasteiger partial charge in [0.1, 0.15) is 0 Å². The molecule has 0 aromatic rings. The molecule has 0 spiro atoms. The molecule has 0 aromatic carbocycles. The lowest BCUT2D eigenvalue weighted by molar-refractivity contribution is -0.178. The average molecular weight is 211 g/mol. The van der Waals surface area contributed by atoms with Gasteiger partial charge in [-0.15, -0.1) is 0 Å². The van der Waals surface area contributed by atoms with Crippen molar-refractivity contribution in [3.8, 4) is 0 Å². The summed E-state index contributed by atoms with van der Waals surface area (Å²) in [7, 11) is 1.11. The van der Waals surface area contributed by atoms with Crippen molar-refractivity contribution >= 4 is 5.97 Å². The van der Waals surface area contributed by atoms with E-state index in [2.05, 4.69) is 10.1 Å². The predicted molar refractivity (Wildman–Crippen MR) is 42.6 cm³/mol. The van der Waals surface area contributed by atoms with E-state index in [4.69, 9.17) is 0 Å². The summed E-state index contributed by atoms with van der Waals surface area (Å²) in [4.78, 5) is 11.3. The first-order valence-corrected chi connectivity index (χ1v) is 4.25. The topological polar surface area (TPSA) is 38.3 Å². The molecule has 1 aliphatic rings. The number of nitrogens with one attached hydrogen (secondary N) is 1. The Hall–Kier alpha value is -0.780. The van der Waals surface area contributed by atoms with Gasteiger partial charge >= 0.3 is 12.1 Å². The number of carbonyl (C=O) groups is 1. The number of esters is 1. The van der Waals surface area contributed by atoms with Gasteiger partial charge in [-0.1, -0.05) is 0 Å². The quantitative estimate of drug-likeness (QED) is 0.695. The van der Waals surface area contributed by atoms with E-state index in [1.165, 1.54) is 0 Å². The lowest BCUT2D eigenvalue weighted by Gasteiger charge is -2.25. The average Bonchev–Trinajstić information content (AvgIpc) is 2.49. The first-order valence-electron chi connectivity index (χ1n) is 4.25. The van der Waals surface area contributed by atoms with Gasteiger partial charge in [0.05, 0.1) is 18.9 Å². The van der Waals surface area contributed by atoms with Crippen molar-refractivity contribution in [3.63, 3.8) is 0 Å². The second-order valence-corrected chi connectivity index (χ2v) is 3.49. The molecule has 1 unspecified atom stereocenters. The van der Waals surface area contributed by atoms with Crippen LogP contribution >= 0.6 is 0 Å². The Labute approximate surface area is 79.6 Å². The number of rotatable bonds is 2. The highest BCUT2D eigenvalue weighted by molar-refractivity contribution is 5.77. The molecule has 0 aliphatic carbocycles. The fourth-order valence-electron chi connectivity index (χ4n) is 1.74. The smallest absolute Gasteiger partial charge is 0.390 e. The van der Waals surface area contributed by atoms with Crippen molar-refractivity contribution in [2.24, 2.45) is 5.41 Å². The van der Waals surface area contributed by atoms with Crippen molar-refractivity contribution in [3.05, 3.63) is 0 Å². The van der Waals surface area contributed by atoms with Crippen LogP contribution < -0.4 is 5.32 Å². The summed E-state index contributed by atoms with van der Waals surface area (Å²) >= 11 is 0. The Morgan fingerprint density at radius 2 is 2.21 bits per heavy atom. The number of hydrogen-bond acceptors (Lipinski definition) is 3. The van der Waals surface area contributed by atoms with Crippen LogP contribution in [-0.2, 0) is 9.53 Å². The molecule has 0 amide bonds. The van der Waals surface area contributed by atoms with E-state index < -0.39 is 24.0 Å². The Morgan fingerprint density at radius 1 is 1.57 bits per heavy atom. The molecule has 0 aromatic heterocycles. The number of halogens is 3. The molecule has 1 fully saturated rings. The SMILES string of the molecule is COC(=O)C1(CC(F)(F)F)CCNC1. The zero-order chi connectivity index (χ0) is 10.8. The van der Waals surface area contributed by atoms with E-state index in [-0.39, 0.29) is 13.0 Å². The molecule has 0 saturated carbocycles. The van der Waals surface area contributed by atoms with Crippen LogP contribution in [0.3, 0.4) is 0 Å². The Bertz CT molecular complexity index is 221. The molecule has 3 nitrogen and oxygen atoms in total. The fourth-order valence-corrected chi connectivity index (χ4v) is 1.74. The minimum atomic E-state index is -4.33. The van der Waals surface area contributed by atoms with E-state index in [1.807, 2.05) is 0 Å². The van der Waals surface area contributed by atoms with Crippen molar-refractivity contribution in [1.82, 2.24) is 5.32 Å². The molecular weight excluding hydrogens is 199 g/mol. The Balaban J connectivity index is 2.77. The van der Waals surface area contributed by atoms with E-state index in [0.29, 0.717) is 6.54 Å². The van der Waals surface area contributed by atoms with Gasteiger partial charge in [-0.2, -0.15) is 13.2 Å². The summed E-state index contributed by atoms with van der Waals surface area (Å²) in [5.74, 6) is -0.778. The first-order chi connectivity index (χ1) is 6.40. The molecular formula is C8H12F3NO2. The van der Waals surface area contributed by atoms with E-state index in [0.717, 1.165) is 7.11 Å². The zero-order valence-electron chi connectivity index (χ0n) is 7.78. The Morgan fingerprint density at radius 3 is 2.57 bits per heavy atom. The number of ether oxygens (including phenoxy) is 1. The highest BCUT2D eigenvalue weighted by atomic mass is 19.4. The normalized spacial score (nSPS) is 27.7. The molecule has 1 rings (SSSR count). The first kappa shape index (κ1) is 11.3. The van der Waals surface area contributed by atoms with E-state index in [9.17, 15) is 18.0 Å². The number of methoxy groups -OCH3 is 1. The second kappa shape index (κ2) is 3.76. The zero-order valence-corrected chi connectivity index (χ0v) is 7.78. The minimum absolute atomic E-state index is 0.0409. The molecule has 1 heterocycles. The van der Waals surface area contributed by atoms with Crippen LogP contribution in [0.25, 0.3) is 0 Å². The molecule has 1 atom stereocenters. The maximum Gasteiger partial charge on any atom is 0.390 e. The molecule has 82 valence electrons. The number of alkyl halides is 3. The highest BCUT2D eigenvalue weighted by Crippen LogP contribution is 2.38. The van der Waals surface area contributed by atoms with Crippen LogP contribution in [0.4, 0.5) is 13.2 Å². The van der Waals surface area contributed by atoms with Gasteiger partial charge in [0.2, 0.25) is 0 Å². The molecule has 14 heavy (non-hydrogen) atoms. The van der Waals surface area contributed by atoms with Gasteiger partial charge in [0.15, 0.2) is 0 Å². The predicted octanol–water partition coefficient (Wildman–Crippen LogP) is 1.09. The third-order valence-corrected chi connectivity index (χ3v) is 2.40. The van der Waals surface area contributed by atoms with Gasteiger partial charge in [-0.25, -0.2) is 0 Å². The van der Waals surface area contributed by atoms with Crippen LogP contribution in [-0.4, -0.2) is 32.3 Å². The summed E-state index contributed by atoms with van der Waals surface area (Å²) in [6.45, 7) is 0.463. The summed E-state index contributed by atoms with van der Waals surface area (Å²) in [6, 6.07) is 0. The van der Waals surface area contributed by atoms with Crippen LogP contribution in [0.5, 0.6) is 0 Å². The number of carbonyl (C=O) groups excluding carboxylic acids is 1. The van der Waals surface area contributed by atoms with Crippen LogP contribution in [0.2, 0.25) is 0 Å². The third kappa shape index (κ3) is 2.37. The van der Waals surface area contributed by atoms with Gasteiger partial charge in [0.25, 0.3) is 0 Å². The van der Waals surface area contributed by atoms with Crippen LogP contribution in [0.15, 0.2) is 0 Å². The van der Waals surface area contributed by atoms with Crippen LogP contribution in [0.1, 0.15) is 12.8 Å². The van der Waals surface area contributed by atoms with E-state index in [1.54, 1.807) is 0 Å². The maximum atomic E-state index is 12.2. The van der Waals surface area contributed by atoms with Crippen LogP contribution in [0, 0.1) is 5.41 Å². The number of hydrogen-bond donors (Lipinski definition) is 1. The second-order valence-electron chi connectivity index (χ2n) is 3.49. The molecule has 1 saturated heterocycles. The molecule has 1 aliphatic heterocycles. The molecule has 6 heteroatoms. The highest BCUT2D eigenvalue weighted by Gasteiger charge is 2.50. The van der Waals surface area contributed by atoms with Gasteiger partial charge in [-0.05, 0) is 13.0 Å². The van der Waals surface area contributed by atoms with Gasteiger partial charge < -0.3 is 10.1 Å². The minimum Gasteiger partial charge on any atom is -0.469 e. The molecule has 0 bridgehead atoms. The molecule has 0 radical (unpaired) electrons. The Kier molecular flexibility index (Phi) is 3.04. The lowest BCUT2D eigenvalue weighted by Crippen LogP contribution is -2.38. The molecule has 1 N–H and O–H groups in total. The summed E-state index contributed by atoms with van der Waals surface area (Å²) < 4.78 is 41.0. The largest absolute Gasteiger partial charge is 0.469 e. The summed E-state index contributed by atoms with van der Waals surface area (Å²) in [5.41, 5.74) is -1.41. The third-order valence-electron chi connectivity index (χ3n) is 2.40. The van der Waals surface area contributed by atoms with Gasteiger partial charge in [0, 0.05) is 6.54 Å². The van der Waals surface area contributed by atoms with E-state index >= 15 is 0 Å².